The fraction of sp³-hybridized carbons (Fsp3) is 0.476. The number of hydrogen-bond acceptors (Lipinski definition) is 9. The number of methoxy groups -OCH3 is 2. The van der Waals surface area contributed by atoms with E-state index in [0.29, 0.717) is 5.56 Å². The number of alkyl carbamates (subject to hydrolysis) is 1. The number of aliphatic hydroxyl groups is 1. The van der Waals surface area contributed by atoms with Crippen LogP contribution in [0.3, 0.4) is 0 Å². The Morgan fingerprint density at radius 1 is 0.909 bits per heavy atom. The smallest absolute Gasteiger partial charge is 0.408 e. The molecule has 0 aliphatic carbocycles. The van der Waals surface area contributed by atoms with Crippen molar-refractivity contribution in [3.8, 4) is 0 Å². The minimum atomic E-state index is -1.76. The van der Waals surface area contributed by atoms with E-state index >= 15 is 0 Å². The molecule has 1 rings (SSSR count). The second-order valence-electron chi connectivity index (χ2n) is 7.13. The molecule has 2 amide bonds. The summed E-state index contributed by atoms with van der Waals surface area (Å²) in [6.07, 6.45) is -2.46. The lowest BCUT2D eigenvalue weighted by molar-refractivity contribution is -0.163. The van der Waals surface area contributed by atoms with E-state index in [1.54, 1.807) is 30.3 Å². The summed E-state index contributed by atoms with van der Waals surface area (Å²) in [4.78, 5) is 60.6. The van der Waals surface area contributed by atoms with Crippen LogP contribution in [0.15, 0.2) is 30.3 Å². The van der Waals surface area contributed by atoms with Crippen molar-refractivity contribution in [3.63, 3.8) is 0 Å². The number of benzene rings is 1. The van der Waals surface area contributed by atoms with Crippen LogP contribution in [-0.2, 0) is 40.0 Å². The number of amides is 2. The highest BCUT2D eigenvalue weighted by molar-refractivity contribution is 5.96. The molecule has 1 aromatic carbocycles. The first-order chi connectivity index (χ1) is 15.5. The molecule has 12 nitrogen and oxygen atoms in total. The maximum Gasteiger partial charge on any atom is 0.408 e. The number of rotatable bonds is 11. The Hall–Kier alpha value is -3.67. The maximum atomic E-state index is 12.7. The summed E-state index contributed by atoms with van der Waals surface area (Å²) in [6, 6.07) is 5.34. The van der Waals surface area contributed by atoms with E-state index < -0.39 is 59.9 Å². The second kappa shape index (κ2) is 13.0. The monoisotopic (exact) mass is 468 g/mol. The van der Waals surface area contributed by atoms with Crippen molar-refractivity contribution in [2.75, 3.05) is 14.2 Å². The summed E-state index contributed by atoms with van der Waals surface area (Å²) in [5, 5.41) is 23.8. The predicted octanol–water partition coefficient (Wildman–Crippen LogP) is -0.170. The number of hydrogen-bond donors (Lipinski definition) is 4. The number of carboxylic acids is 1. The maximum absolute atomic E-state index is 12.7. The number of ether oxygens (including phenoxy) is 3. The molecule has 0 heterocycles. The van der Waals surface area contributed by atoms with Gasteiger partial charge in [0.25, 0.3) is 0 Å². The van der Waals surface area contributed by atoms with Gasteiger partial charge in [0.05, 0.1) is 20.3 Å². The lowest BCUT2D eigenvalue weighted by Gasteiger charge is -2.28. The van der Waals surface area contributed by atoms with Crippen LogP contribution in [-0.4, -0.2) is 72.5 Å². The zero-order chi connectivity index (χ0) is 25.1. The Kier molecular flexibility index (Phi) is 10.8. The Balaban J connectivity index is 2.93. The van der Waals surface area contributed by atoms with Gasteiger partial charge in [-0.05, 0) is 12.5 Å². The Morgan fingerprint density at radius 3 is 1.91 bits per heavy atom. The molecule has 0 aromatic heterocycles. The summed E-state index contributed by atoms with van der Waals surface area (Å²) >= 11 is 0. The molecule has 0 fully saturated rings. The molecule has 0 unspecified atom stereocenters. The standard InChI is InChI=1S/C21H28N2O10/c1-11(14(19(28)31-3)20(29)32-4)15(18(26)27)22-17(25)16(12(2)24)23-21(30)33-10-13-8-6-5-7-9-13/h5-9,11-12,14-16,24H,10H2,1-4H3,(H,22,25)(H,23,30)(H,26,27)/t11-,12-,15-,16+/m1/s1. The Morgan fingerprint density at radius 2 is 1.45 bits per heavy atom. The van der Waals surface area contributed by atoms with E-state index in [9.17, 15) is 34.2 Å². The van der Waals surface area contributed by atoms with Crippen molar-refractivity contribution in [3.05, 3.63) is 35.9 Å². The largest absolute Gasteiger partial charge is 0.480 e. The van der Waals surface area contributed by atoms with Gasteiger partial charge in [-0.3, -0.25) is 14.4 Å². The molecular formula is C21H28N2O10. The van der Waals surface area contributed by atoms with Crippen LogP contribution in [0.25, 0.3) is 0 Å². The van der Waals surface area contributed by atoms with Gasteiger partial charge < -0.3 is 35.1 Å². The van der Waals surface area contributed by atoms with Crippen LogP contribution in [0, 0.1) is 11.8 Å². The lowest BCUT2D eigenvalue weighted by atomic mass is 9.87. The molecule has 33 heavy (non-hydrogen) atoms. The molecule has 0 saturated carbocycles. The quantitative estimate of drug-likeness (QED) is 0.194. The van der Waals surface area contributed by atoms with Crippen LogP contribution in [0.5, 0.6) is 0 Å². The SMILES string of the molecule is COC(=O)C(C(=O)OC)[C@@H](C)[C@@H](NC(=O)[C@@H](NC(=O)OCc1ccccc1)[C@@H](C)O)C(=O)O. The van der Waals surface area contributed by atoms with Crippen molar-refractivity contribution in [2.24, 2.45) is 11.8 Å². The number of carbonyl (C=O) groups excluding carboxylic acids is 4. The molecular weight excluding hydrogens is 440 g/mol. The molecule has 0 spiro atoms. The number of esters is 2. The highest BCUT2D eigenvalue weighted by atomic mass is 16.6. The number of nitrogens with one attached hydrogen (secondary N) is 2. The molecule has 4 N–H and O–H groups in total. The van der Waals surface area contributed by atoms with Gasteiger partial charge >= 0.3 is 24.0 Å². The molecule has 182 valence electrons. The minimum absolute atomic E-state index is 0.102. The Bertz CT molecular complexity index is 827. The highest BCUT2D eigenvalue weighted by Crippen LogP contribution is 2.20. The molecule has 4 atom stereocenters. The van der Waals surface area contributed by atoms with Crippen molar-refractivity contribution in [1.82, 2.24) is 10.6 Å². The first kappa shape index (κ1) is 27.4. The molecule has 0 bridgehead atoms. The third kappa shape index (κ3) is 8.07. The van der Waals surface area contributed by atoms with E-state index in [0.717, 1.165) is 14.2 Å². The van der Waals surface area contributed by atoms with Gasteiger partial charge in [-0.15, -0.1) is 0 Å². The van der Waals surface area contributed by atoms with Gasteiger partial charge in [0.2, 0.25) is 5.91 Å². The first-order valence-corrected chi connectivity index (χ1v) is 9.87. The number of aliphatic hydroxyl groups excluding tert-OH is 1. The fourth-order valence-corrected chi connectivity index (χ4v) is 2.93. The highest BCUT2D eigenvalue weighted by Gasteiger charge is 2.43. The summed E-state index contributed by atoms with van der Waals surface area (Å²) in [6.45, 7) is 2.33. The Labute approximate surface area is 190 Å². The fourth-order valence-electron chi connectivity index (χ4n) is 2.93. The van der Waals surface area contributed by atoms with Crippen LogP contribution in [0.2, 0.25) is 0 Å². The average Bonchev–Trinajstić information content (AvgIpc) is 2.79. The van der Waals surface area contributed by atoms with Gasteiger partial charge in [0.15, 0.2) is 5.92 Å². The lowest BCUT2D eigenvalue weighted by Crippen LogP contribution is -2.58. The molecule has 12 heteroatoms. The summed E-state index contributed by atoms with van der Waals surface area (Å²) in [7, 11) is 2.02. The predicted molar refractivity (Wildman–Crippen MR) is 111 cm³/mol. The molecule has 0 radical (unpaired) electrons. The van der Waals surface area contributed by atoms with Gasteiger partial charge in [-0.25, -0.2) is 9.59 Å². The van der Waals surface area contributed by atoms with E-state index in [1.165, 1.54) is 13.8 Å². The summed E-state index contributed by atoms with van der Waals surface area (Å²) in [5.41, 5.74) is 0.683. The van der Waals surface area contributed by atoms with Crippen molar-refractivity contribution < 1.29 is 48.4 Å². The van der Waals surface area contributed by atoms with Gasteiger partial charge in [0, 0.05) is 5.92 Å². The summed E-state index contributed by atoms with van der Waals surface area (Å²) < 4.78 is 14.1. The topological polar surface area (TPSA) is 178 Å². The zero-order valence-corrected chi connectivity index (χ0v) is 18.6. The number of aliphatic carboxylic acids is 1. The van der Waals surface area contributed by atoms with Crippen LogP contribution in [0.4, 0.5) is 4.79 Å². The molecule has 1 aromatic rings. The van der Waals surface area contributed by atoms with Gasteiger partial charge in [0.1, 0.15) is 18.7 Å². The van der Waals surface area contributed by atoms with Crippen LogP contribution >= 0.6 is 0 Å². The zero-order valence-electron chi connectivity index (χ0n) is 18.6. The number of carboxylic acid groups (broad SMARTS) is 1. The van der Waals surface area contributed by atoms with E-state index in [1.807, 2.05) is 0 Å². The van der Waals surface area contributed by atoms with Crippen molar-refractivity contribution >= 4 is 29.9 Å². The second-order valence-corrected chi connectivity index (χ2v) is 7.13. The normalized spacial score (nSPS) is 14.2. The van der Waals surface area contributed by atoms with E-state index in [-0.39, 0.29) is 6.61 Å². The van der Waals surface area contributed by atoms with Crippen molar-refractivity contribution in [1.29, 1.82) is 0 Å². The number of carbonyl (C=O) groups is 5. The van der Waals surface area contributed by atoms with Crippen LogP contribution in [0.1, 0.15) is 19.4 Å². The first-order valence-electron chi connectivity index (χ1n) is 9.87. The van der Waals surface area contributed by atoms with E-state index in [2.05, 4.69) is 20.1 Å². The van der Waals surface area contributed by atoms with Crippen molar-refractivity contribution in [2.45, 2.75) is 38.6 Å². The third-order valence-electron chi connectivity index (χ3n) is 4.78. The molecule has 0 aliphatic rings. The van der Waals surface area contributed by atoms with E-state index in [4.69, 9.17) is 4.74 Å². The summed E-state index contributed by atoms with van der Waals surface area (Å²) in [5.74, 6) is -7.69. The minimum Gasteiger partial charge on any atom is -0.480 e. The van der Waals surface area contributed by atoms with Gasteiger partial charge in [-0.2, -0.15) is 0 Å². The third-order valence-corrected chi connectivity index (χ3v) is 4.78. The van der Waals surface area contributed by atoms with Gasteiger partial charge in [-0.1, -0.05) is 37.3 Å². The molecule has 0 saturated heterocycles. The average molecular weight is 468 g/mol. The molecule has 0 aliphatic heterocycles. The van der Waals surface area contributed by atoms with Crippen LogP contribution < -0.4 is 10.6 Å².